The highest BCUT2D eigenvalue weighted by molar-refractivity contribution is 5.79. The molecular formula is C21H41N3O2. The number of rotatable bonds is 13. The van der Waals surface area contributed by atoms with Crippen molar-refractivity contribution in [2.24, 2.45) is 15.8 Å². The minimum absolute atomic E-state index is 0.351. The second-order valence-corrected chi connectivity index (χ2v) is 8.15. The number of aliphatic imine (C=N–C) groups is 1. The summed E-state index contributed by atoms with van der Waals surface area (Å²) in [6, 6.07) is 0. The quantitative estimate of drug-likeness (QED) is 0.296. The number of guanidine groups is 1. The lowest BCUT2D eigenvalue weighted by Crippen LogP contribution is -2.41. The number of nitrogens with one attached hydrogen (secondary N) is 2. The fraction of sp³-hybridized carbons (Fsp3) is 0.952. The maximum Gasteiger partial charge on any atom is 0.191 e. The molecule has 0 spiro atoms. The Kier molecular flexibility index (Phi) is 9.20. The molecule has 0 aliphatic heterocycles. The second-order valence-electron chi connectivity index (χ2n) is 8.15. The van der Waals surface area contributed by atoms with Gasteiger partial charge in [-0.2, -0.15) is 0 Å². The lowest BCUT2D eigenvalue weighted by atomic mass is 9.83. The topological polar surface area (TPSA) is 54.9 Å². The molecule has 0 aromatic heterocycles. The molecule has 0 unspecified atom stereocenters. The Morgan fingerprint density at radius 2 is 1.46 bits per heavy atom. The zero-order chi connectivity index (χ0) is 18.7. The van der Waals surface area contributed by atoms with Gasteiger partial charge in [-0.05, 0) is 70.1 Å². The van der Waals surface area contributed by atoms with E-state index in [-0.39, 0.29) is 0 Å². The highest BCUT2D eigenvalue weighted by Gasteiger charge is 2.42. The van der Waals surface area contributed by atoms with E-state index < -0.39 is 0 Å². The van der Waals surface area contributed by atoms with E-state index in [4.69, 9.17) is 14.5 Å². The van der Waals surface area contributed by atoms with Gasteiger partial charge in [-0.25, -0.2) is 0 Å². The lowest BCUT2D eigenvalue weighted by Gasteiger charge is -2.27. The first-order valence-electron chi connectivity index (χ1n) is 10.9. The van der Waals surface area contributed by atoms with Crippen LogP contribution < -0.4 is 10.6 Å². The van der Waals surface area contributed by atoms with Crippen LogP contribution >= 0.6 is 0 Å². The van der Waals surface area contributed by atoms with E-state index in [1.54, 1.807) is 0 Å². The van der Waals surface area contributed by atoms with Crippen molar-refractivity contribution in [2.45, 2.75) is 72.1 Å². The van der Waals surface area contributed by atoms with Crippen LogP contribution in [0.15, 0.2) is 4.99 Å². The van der Waals surface area contributed by atoms with Crippen LogP contribution in [-0.2, 0) is 9.47 Å². The zero-order valence-corrected chi connectivity index (χ0v) is 17.4. The van der Waals surface area contributed by atoms with Gasteiger partial charge in [0.25, 0.3) is 0 Å². The molecule has 0 atom stereocenters. The van der Waals surface area contributed by atoms with Crippen LogP contribution in [0.5, 0.6) is 0 Å². The Bertz CT molecular complexity index is 415. The fourth-order valence-corrected chi connectivity index (χ4v) is 4.03. The van der Waals surface area contributed by atoms with Crippen LogP contribution in [0.4, 0.5) is 0 Å². The molecule has 2 aliphatic carbocycles. The molecule has 0 radical (unpaired) electrons. The van der Waals surface area contributed by atoms with E-state index in [1.807, 2.05) is 0 Å². The third-order valence-corrected chi connectivity index (χ3v) is 6.13. The first kappa shape index (κ1) is 21.5. The monoisotopic (exact) mass is 367 g/mol. The highest BCUT2D eigenvalue weighted by atomic mass is 16.5. The Balaban J connectivity index is 1.84. The van der Waals surface area contributed by atoms with E-state index in [2.05, 4.69) is 31.4 Å². The summed E-state index contributed by atoms with van der Waals surface area (Å²) < 4.78 is 11.2. The molecule has 0 amide bonds. The van der Waals surface area contributed by atoms with Gasteiger partial charge in [0.2, 0.25) is 0 Å². The predicted octanol–water partition coefficient (Wildman–Crippen LogP) is 3.74. The summed E-state index contributed by atoms with van der Waals surface area (Å²) in [6.45, 7) is 12.5. The lowest BCUT2D eigenvalue weighted by molar-refractivity contribution is 0.107. The van der Waals surface area contributed by atoms with Crippen LogP contribution in [0.3, 0.4) is 0 Å². The summed E-state index contributed by atoms with van der Waals surface area (Å²) in [5, 5.41) is 7.05. The summed E-state index contributed by atoms with van der Waals surface area (Å²) in [5.74, 6) is 0.984. The number of hydrogen-bond donors (Lipinski definition) is 2. The Hall–Kier alpha value is -0.810. The molecule has 2 N–H and O–H groups in total. The van der Waals surface area contributed by atoms with Crippen LogP contribution in [0.2, 0.25) is 0 Å². The molecule has 0 saturated heterocycles. The van der Waals surface area contributed by atoms with Gasteiger partial charge in [0, 0.05) is 46.1 Å². The van der Waals surface area contributed by atoms with Gasteiger partial charge in [0.1, 0.15) is 0 Å². The van der Waals surface area contributed by atoms with Gasteiger partial charge in [0.05, 0.1) is 0 Å². The van der Waals surface area contributed by atoms with Gasteiger partial charge < -0.3 is 20.1 Å². The zero-order valence-electron chi connectivity index (χ0n) is 17.4. The molecule has 2 fully saturated rings. The Morgan fingerprint density at radius 3 is 2.00 bits per heavy atom. The number of nitrogens with zero attached hydrogens (tertiary/aromatic N) is 1. The average molecular weight is 368 g/mol. The van der Waals surface area contributed by atoms with Crippen LogP contribution in [0.25, 0.3) is 0 Å². The molecule has 0 aromatic rings. The standard InChI is InChI=1S/C21H41N3O2/c1-4-22-19(24-18-21(11-12-21)14-16-26-6-3)23-17-20(9-7-8-10-20)13-15-25-5-2/h4-18H2,1-3H3,(H2,22,23,24). The summed E-state index contributed by atoms with van der Waals surface area (Å²) in [7, 11) is 0. The van der Waals surface area contributed by atoms with Gasteiger partial charge in [-0.15, -0.1) is 0 Å². The molecule has 2 rings (SSSR count). The molecule has 5 heteroatoms. The van der Waals surface area contributed by atoms with Crippen molar-refractivity contribution in [3.63, 3.8) is 0 Å². The molecule has 0 heterocycles. The number of hydrogen-bond acceptors (Lipinski definition) is 3. The molecule has 2 saturated carbocycles. The predicted molar refractivity (Wildman–Crippen MR) is 109 cm³/mol. The molecule has 2 aliphatic rings. The Labute approximate surface area is 160 Å². The van der Waals surface area contributed by atoms with E-state index in [9.17, 15) is 0 Å². The van der Waals surface area contributed by atoms with Crippen molar-refractivity contribution in [1.29, 1.82) is 0 Å². The maximum absolute atomic E-state index is 5.63. The van der Waals surface area contributed by atoms with Crippen LogP contribution in [0, 0.1) is 10.8 Å². The van der Waals surface area contributed by atoms with Crippen LogP contribution in [0.1, 0.15) is 72.1 Å². The molecule has 5 nitrogen and oxygen atoms in total. The summed E-state index contributed by atoms with van der Waals surface area (Å²) >= 11 is 0. The molecule has 26 heavy (non-hydrogen) atoms. The Morgan fingerprint density at radius 1 is 0.846 bits per heavy atom. The van der Waals surface area contributed by atoms with Crippen molar-refractivity contribution in [3.8, 4) is 0 Å². The van der Waals surface area contributed by atoms with E-state index in [0.29, 0.717) is 10.8 Å². The van der Waals surface area contributed by atoms with Gasteiger partial charge >= 0.3 is 0 Å². The van der Waals surface area contributed by atoms with E-state index in [1.165, 1.54) is 38.5 Å². The van der Waals surface area contributed by atoms with Gasteiger partial charge in [-0.1, -0.05) is 12.8 Å². The minimum Gasteiger partial charge on any atom is -0.382 e. The molecule has 0 bridgehead atoms. The summed E-state index contributed by atoms with van der Waals surface area (Å²) in [4.78, 5) is 4.98. The fourth-order valence-electron chi connectivity index (χ4n) is 4.03. The normalized spacial score (nSPS) is 21.0. The van der Waals surface area contributed by atoms with Crippen molar-refractivity contribution in [1.82, 2.24) is 10.6 Å². The van der Waals surface area contributed by atoms with E-state index in [0.717, 1.165) is 64.9 Å². The average Bonchev–Trinajstić information content (AvgIpc) is 3.26. The second kappa shape index (κ2) is 11.1. The summed E-state index contributed by atoms with van der Waals surface area (Å²) in [5.41, 5.74) is 0.787. The van der Waals surface area contributed by atoms with Gasteiger partial charge in [0.15, 0.2) is 5.96 Å². The smallest absolute Gasteiger partial charge is 0.191 e. The molecular weight excluding hydrogens is 326 g/mol. The molecule has 152 valence electrons. The first-order chi connectivity index (χ1) is 12.7. The largest absolute Gasteiger partial charge is 0.382 e. The van der Waals surface area contributed by atoms with Crippen molar-refractivity contribution in [2.75, 3.05) is 46.1 Å². The minimum atomic E-state index is 0.351. The summed E-state index contributed by atoms with van der Waals surface area (Å²) in [6.07, 6.45) is 10.2. The van der Waals surface area contributed by atoms with Crippen molar-refractivity contribution in [3.05, 3.63) is 0 Å². The highest BCUT2D eigenvalue weighted by Crippen LogP contribution is 2.48. The SMILES string of the molecule is CCNC(=NCC1(CCOCC)CCCC1)NCC1(CCOCC)CC1. The molecule has 0 aromatic carbocycles. The van der Waals surface area contributed by atoms with Gasteiger partial charge in [-0.3, -0.25) is 4.99 Å². The van der Waals surface area contributed by atoms with Crippen LogP contribution in [-0.4, -0.2) is 52.0 Å². The van der Waals surface area contributed by atoms with Crippen molar-refractivity contribution < 1.29 is 9.47 Å². The van der Waals surface area contributed by atoms with Crippen molar-refractivity contribution >= 4 is 5.96 Å². The van der Waals surface area contributed by atoms with E-state index >= 15 is 0 Å². The first-order valence-corrected chi connectivity index (χ1v) is 10.9. The third kappa shape index (κ3) is 7.07. The number of ether oxygens (including phenoxy) is 2. The maximum atomic E-state index is 5.63. The third-order valence-electron chi connectivity index (χ3n) is 6.13.